The molecule has 0 heterocycles. The fraction of sp³-hybridized carbons (Fsp3) is 0.0769. The Morgan fingerprint density at radius 3 is 1.69 bits per heavy atom. The van der Waals surface area contributed by atoms with E-state index in [0.717, 1.165) is 21.7 Å². The van der Waals surface area contributed by atoms with Gasteiger partial charge in [-0.25, -0.2) is 0 Å². The van der Waals surface area contributed by atoms with E-state index in [4.69, 9.17) is 9.47 Å². The second kappa shape index (κ2) is 5.03. The quantitative estimate of drug-likeness (QED) is 0.836. The van der Waals surface area contributed by atoms with Crippen molar-refractivity contribution < 1.29 is 9.47 Å². The van der Waals surface area contributed by atoms with Gasteiger partial charge in [0.15, 0.2) is 0 Å². The summed E-state index contributed by atoms with van der Waals surface area (Å²) in [6, 6.07) is 15.2. The molecule has 2 nitrogen and oxygen atoms in total. The Morgan fingerprint density at radius 2 is 1.19 bits per heavy atom. The highest BCUT2D eigenvalue weighted by atomic mass is 79.9. The lowest BCUT2D eigenvalue weighted by molar-refractivity contribution is 0.413. The molecule has 0 spiro atoms. The number of rotatable bonds is 3. The second-order valence-electron chi connectivity index (χ2n) is 3.23. The van der Waals surface area contributed by atoms with Gasteiger partial charge in [0.1, 0.15) is 17.2 Å². The molecule has 0 radical (unpaired) electrons. The maximum Gasteiger partial charge on any atom is 0.127 e. The van der Waals surface area contributed by atoms with Crippen LogP contribution in [0.3, 0.4) is 0 Å². The number of benzene rings is 2. The van der Waals surface area contributed by atoms with Gasteiger partial charge < -0.3 is 9.47 Å². The summed E-state index contributed by atoms with van der Waals surface area (Å²) in [5.41, 5.74) is 0. The van der Waals surface area contributed by atoms with Crippen LogP contribution in [0.4, 0.5) is 0 Å². The van der Waals surface area contributed by atoms with Gasteiger partial charge >= 0.3 is 0 Å². The van der Waals surface area contributed by atoms with Crippen LogP contribution in [0.25, 0.3) is 0 Å². The number of halogens is 1. The van der Waals surface area contributed by atoms with E-state index in [2.05, 4.69) is 15.9 Å². The Hall–Kier alpha value is -1.48. The van der Waals surface area contributed by atoms with E-state index >= 15 is 0 Å². The van der Waals surface area contributed by atoms with Gasteiger partial charge in [-0.05, 0) is 48.5 Å². The molecule has 0 aliphatic carbocycles. The van der Waals surface area contributed by atoms with E-state index in [9.17, 15) is 0 Å². The van der Waals surface area contributed by atoms with Crippen LogP contribution in [0.15, 0.2) is 53.0 Å². The minimum atomic E-state index is 0.795. The molecule has 3 heteroatoms. The first-order chi connectivity index (χ1) is 7.78. The number of ether oxygens (including phenoxy) is 2. The Morgan fingerprint density at radius 1 is 0.750 bits per heavy atom. The molecule has 0 unspecified atom stereocenters. The maximum absolute atomic E-state index is 5.66. The van der Waals surface area contributed by atoms with Crippen molar-refractivity contribution in [1.82, 2.24) is 0 Å². The van der Waals surface area contributed by atoms with Gasteiger partial charge in [-0.3, -0.25) is 0 Å². The molecular weight excluding hydrogens is 268 g/mol. The largest absolute Gasteiger partial charge is 0.497 e. The molecule has 0 aliphatic rings. The summed E-state index contributed by atoms with van der Waals surface area (Å²) in [5, 5.41) is 0. The summed E-state index contributed by atoms with van der Waals surface area (Å²) >= 11 is 3.38. The second-order valence-corrected chi connectivity index (χ2v) is 4.15. The summed E-state index contributed by atoms with van der Waals surface area (Å²) in [7, 11) is 1.64. The van der Waals surface area contributed by atoms with Crippen LogP contribution in [0, 0.1) is 0 Å². The summed E-state index contributed by atoms with van der Waals surface area (Å²) < 4.78 is 11.8. The molecule has 0 N–H and O–H groups in total. The molecule has 82 valence electrons. The molecule has 2 aromatic carbocycles. The highest BCUT2D eigenvalue weighted by Crippen LogP contribution is 2.24. The van der Waals surface area contributed by atoms with Crippen molar-refractivity contribution >= 4 is 15.9 Å². The fourth-order valence-corrected chi connectivity index (χ4v) is 1.55. The molecule has 0 saturated carbocycles. The first-order valence-corrected chi connectivity index (χ1v) is 5.65. The molecule has 0 saturated heterocycles. The Labute approximate surface area is 103 Å². The number of hydrogen-bond donors (Lipinski definition) is 0. The van der Waals surface area contributed by atoms with E-state index in [-0.39, 0.29) is 0 Å². The van der Waals surface area contributed by atoms with Crippen LogP contribution in [-0.4, -0.2) is 7.11 Å². The minimum Gasteiger partial charge on any atom is -0.497 e. The predicted molar refractivity (Wildman–Crippen MR) is 67.2 cm³/mol. The average Bonchev–Trinajstić information content (AvgIpc) is 2.33. The topological polar surface area (TPSA) is 18.5 Å². The summed E-state index contributed by atoms with van der Waals surface area (Å²) in [6.45, 7) is 0. The van der Waals surface area contributed by atoms with Crippen LogP contribution >= 0.6 is 15.9 Å². The number of methoxy groups -OCH3 is 1. The van der Waals surface area contributed by atoms with Crippen LogP contribution < -0.4 is 9.47 Å². The zero-order valence-corrected chi connectivity index (χ0v) is 10.4. The van der Waals surface area contributed by atoms with E-state index in [1.54, 1.807) is 7.11 Å². The molecule has 0 fully saturated rings. The molecule has 0 amide bonds. The Kier molecular flexibility index (Phi) is 3.47. The lowest BCUT2D eigenvalue weighted by Gasteiger charge is -2.06. The van der Waals surface area contributed by atoms with E-state index in [1.807, 2.05) is 48.5 Å². The maximum atomic E-state index is 5.66. The monoisotopic (exact) mass is 278 g/mol. The van der Waals surface area contributed by atoms with Crippen LogP contribution in [0.2, 0.25) is 0 Å². The Balaban J connectivity index is 2.11. The third-order valence-electron chi connectivity index (χ3n) is 2.11. The van der Waals surface area contributed by atoms with Gasteiger partial charge in [-0.2, -0.15) is 0 Å². The third kappa shape index (κ3) is 2.76. The predicted octanol–water partition coefficient (Wildman–Crippen LogP) is 4.25. The van der Waals surface area contributed by atoms with Gasteiger partial charge in [0, 0.05) is 4.47 Å². The van der Waals surface area contributed by atoms with Crippen molar-refractivity contribution in [2.24, 2.45) is 0 Å². The van der Waals surface area contributed by atoms with Crippen molar-refractivity contribution in [3.05, 3.63) is 53.0 Å². The lowest BCUT2D eigenvalue weighted by atomic mass is 10.3. The Bertz CT molecular complexity index is 448. The molecule has 0 atom stereocenters. The fourth-order valence-electron chi connectivity index (χ4n) is 1.28. The summed E-state index contributed by atoms with van der Waals surface area (Å²) in [5.74, 6) is 2.43. The van der Waals surface area contributed by atoms with Crippen molar-refractivity contribution in [1.29, 1.82) is 0 Å². The summed E-state index contributed by atoms with van der Waals surface area (Å²) in [6.07, 6.45) is 0. The van der Waals surface area contributed by atoms with Gasteiger partial charge in [0.25, 0.3) is 0 Å². The van der Waals surface area contributed by atoms with E-state index < -0.39 is 0 Å². The first kappa shape index (κ1) is 11.0. The van der Waals surface area contributed by atoms with E-state index in [0.29, 0.717) is 0 Å². The zero-order chi connectivity index (χ0) is 11.4. The normalized spacial score (nSPS) is 9.88. The average molecular weight is 279 g/mol. The number of hydrogen-bond acceptors (Lipinski definition) is 2. The minimum absolute atomic E-state index is 0.795. The molecule has 0 aromatic heterocycles. The van der Waals surface area contributed by atoms with Gasteiger partial charge in [0.2, 0.25) is 0 Å². The van der Waals surface area contributed by atoms with Crippen molar-refractivity contribution in [3.63, 3.8) is 0 Å². The molecule has 16 heavy (non-hydrogen) atoms. The SMILES string of the molecule is COc1ccc(Oc2ccc(Br)cc2)cc1. The highest BCUT2D eigenvalue weighted by molar-refractivity contribution is 9.10. The van der Waals surface area contributed by atoms with Gasteiger partial charge in [-0.1, -0.05) is 15.9 Å². The first-order valence-electron chi connectivity index (χ1n) is 4.85. The van der Waals surface area contributed by atoms with Crippen LogP contribution in [0.5, 0.6) is 17.2 Å². The van der Waals surface area contributed by atoms with Crippen molar-refractivity contribution in [2.75, 3.05) is 7.11 Å². The van der Waals surface area contributed by atoms with Crippen molar-refractivity contribution in [3.8, 4) is 17.2 Å². The highest BCUT2D eigenvalue weighted by Gasteiger charge is 1.97. The van der Waals surface area contributed by atoms with E-state index in [1.165, 1.54) is 0 Å². The molecule has 0 bridgehead atoms. The van der Waals surface area contributed by atoms with Gasteiger partial charge in [0.05, 0.1) is 7.11 Å². The summed E-state index contributed by atoms with van der Waals surface area (Å²) in [4.78, 5) is 0. The molecule has 2 aromatic rings. The molecular formula is C13H11BrO2. The smallest absolute Gasteiger partial charge is 0.127 e. The van der Waals surface area contributed by atoms with Crippen molar-refractivity contribution in [2.45, 2.75) is 0 Å². The third-order valence-corrected chi connectivity index (χ3v) is 2.64. The van der Waals surface area contributed by atoms with Gasteiger partial charge in [-0.15, -0.1) is 0 Å². The van der Waals surface area contributed by atoms with Crippen LogP contribution in [-0.2, 0) is 0 Å². The molecule has 2 rings (SSSR count). The van der Waals surface area contributed by atoms with Crippen LogP contribution in [0.1, 0.15) is 0 Å². The standard InChI is InChI=1S/C13H11BrO2/c1-15-11-6-8-13(9-7-11)16-12-4-2-10(14)3-5-12/h2-9H,1H3. The molecule has 0 aliphatic heterocycles. The lowest BCUT2D eigenvalue weighted by Crippen LogP contribution is -1.85. The zero-order valence-electron chi connectivity index (χ0n) is 8.81.